The number of benzene rings is 2. The topological polar surface area (TPSA) is 111 Å². The number of carbonyl (C=O) groups is 4. The van der Waals surface area contributed by atoms with Gasteiger partial charge in [-0.15, -0.1) is 0 Å². The molecule has 0 radical (unpaired) electrons. The van der Waals surface area contributed by atoms with E-state index in [4.69, 9.17) is 4.74 Å². The Morgan fingerprint density at radius 3 is 2.64 bits per heavy atom. The Labute approximate surface area is 244 Å². The number of piperidine rings is 1. The summed E-state index contributed by atoms with van der Waals surface area (Å²) in [6.45, 7) is 7.72. The summed E-state index contributed by atoms with van der Waals surface area (Å²) in [7, 11) is 0. The predicted molar refractivity (Wildman–Crippen MR) is 152 cm³/mol. The van der Waals surface area contributed by atoms with Gasteiger partial charge in [-0.3, -0.25) is 39.2 Å². The van der Waals surface area contributed by atoms with Gasteiger partial charge in [0.05, 0.1) is 17.2 Å². The van der Waals surface area contributed by atoms with E-state index >= 15 is 4.39 Å². The first-order chi connectivity index (χ1) is 20.3. The molecule has 0 aliphatic carbocycles. The molecule has 0 saturated carbocycles. The third kappa shape index (κ3) is 5.56. The van der Waals surface area contributed by atoms with Crippen LogP contribution < -0.4 is 10.6 Å². The monoisotopic (exact) mass is 577 g/mol. The van der Waals surface area contributed by atoms with Crippen LogP contribution in [0.25, 0.3) is 0 Å². The summed E-state index contributed by atoms with van der Waals surface area (Å²) in [5.74, 6) is -2.61. The van der Waals surface area contributed by atoms with Crippen molar-refractivity contribution in [3.05, 3.63) is 64.5 Å². The molecule has 4 aliphatic heterocycles. The van der Waals surface area contributed by atoms with Gasteiger partial charge in [0, 0.05) is 63.0 Å². The first-order valence-corrected chi connectivity index (χ1v) is 14.8. The fourth-order valence-electron chi connectivity index (χ4n) is 6.43. The Kier molecular flexibility index (Phi) is 8.06. The SMILES string of the molecule is CCN(CC1CCCO1)C1CN(Cc2ccc(CNc3cccc4c3C(=O)N(C3CCC(=O)NC3=O)C4=O)c(F)c2)C1. The maximum Gasteiger partial charge on any atom is 0.264 e. The van der Waals surface area contributed by atoms with Gasteiger partial charge in [-0.2, -0.15) is 0 Å². The highest BCUT2D eigenvalue weighted by molar-refractivity contribution is 6.25. The average molecular weight is 578 g/mol. The van der Waals surface area contributed by atoms with Crippen molar-refractivity contribution in [3.8, 4) is 0 Å². The summed E-state index contributed by atoms with van der Waals surface area (Å²) in [6, 6.07) is 9.52. The van der Waals surface area contributed by atoms with Crippen molar-refractivity contribution in [1.82, 2.24) is 20.0 Å². The van der Waals surface area contributed by atoms with Crippen LogP contribution in [-0.4, -0.2) is 89.3 Å². The molecule has 2 N–H and O–H groups in total. The minimum absolute atomic E-state index is 0.0512. The second-order valence-corrected chi connectivity index (χ2v) is 11.5. The molecular weight excluding hydrogens is 541 g/mol. The van der Waals surface area contributed by atoms with E-state index in [9.17, 15) is 19.2 Å². The molecule has 0 aromatic heterocycles. The van der Waals surface area contributed by atoms with Crippen LogP contribution in [0.4, 0.5) is 10.1 Å². The zero-order chi connectivity index (χ0) is 29.4. The van der Waals surface area contributed by atoms with Gasteiger partial charge in [0.2, 0.25) is 11.8 Å². The summed E-state index contributed by atoms with van der Waals surface area (Å²) in [5, 5.41) is 5.31. The number of halogens is 1. The maximum atomic E-state index is 15.1. The van der Waals surface area contributed by atoms with Gasteiger partial charge < -0.3 is 10.1 Å². The molecule has 2 atom stereocenters. The first kappa shape index (κ1) is 28.4. The molecule has 10 nitrogen and oxygen atoms in total. The number of nitrogens with zero attached hydrogens (tertiary/aromatic N) is 3. The molecule has 0 bridgehead atoms. The maximum absolute atomic E-state index is 15.1. The molecule has 42 heavy (non-hydrogen) atoms. The van der Waals surface area contributed by atoms with Crippen molar-refractivity contribution in [2.75, 3.05) is 38.1 Å². The molecular formula is C31H36FN5O5. The molecule has 3 fully saturated rings. The number of carbonyl (C=O) groups excluding carboxylic acids is 4. The number of nitrogens with one attached hydrogen (secondary N) is 2. The van der Waals surface area contributed by atoms with Crippen molar-refractivity contribution in [2.45, 2.75) is 63.9 Å². The lowest BCUT2D eigenvalue weighted by molar-refractivity contribution is -0.136. The van der Waals surface area contributed by atoms with Crippen LogP contribution in [0.5, 0.6) is 0 Å². The Morgan fingerprint density at radius 2 is 1.93 bits per heavy atom. The summed E-state index contributed by atoms with van der Waals surface area (Å²) in [5.41, 5.74) is 2.05. The number of likely N-dealkylation sites (N-methyl/N-ethyl adjacent to an activating group) is 1. The predicted octanol–water partition coefficient (Wildman–Crippen LogP) is 2.52. The quantitative estimate of drug-likeness (QED) is 0.415. The van der Waals surface area contributed by atoms with Crippen LogP contribution in [0, 0.1) is 5.82 Å². The number of hydrogen-bond donors (Lipinski definition) is 2. The molecule has 11 heteroatoms. The lowest BCUT2D eigenvalue weighted by Crippen LogP contribution is -2.59. The lowest BCUT2D eigenvalue weighted by Gasteiger charge is -2.46. The van der Waals surface area contributed by atoms with Crippen LogP contribution in [0.2, 0.25) is 0 Å². The highest BCUT2D eigenvalue weighted by atomic mass is 19.1. The Balaban J connectivity index is 1.06. The number of hydrogen-bond acceptors (Lipinski definition) is 8. The lowest BCUT2D eigenvalue weighted by atomic mass is 10.0. The molecule has 6 rings (SSSR count). The minimum Gasteiger partial charge on any atom is -0.380 e. The third-order valence-corrected chi connectivity index (χ3v) is 8.78. The van der Waals surface area contributed by atoms with Gasteiger partial charge in [-0.1, -0.05) is 25.1 Å². The van der Waals surface area contributed by atoms with E-state index in [1.54, 1.807) is 24.3 Å². The van der Waals surface area contributed by atoms with Crippen LogP contribution in [0.15, 0.2) is 36.4 Å². The fraction of sp³-hybridized carbons (Fsp3) is 0.484. The van der Waals surface area contributed by atoms with Crippen molar-refractivity contribution >= 4 is 29.3 Å². The van der Waals surface area contributed by atoms with Crippen LogP contribution in [0.3, 0.4) is 0 Å². The van der Waals surface area contributed by atoms with E-state index in [0.29, 0.717) is 29.9 Å². The van der Waals surface area contributed by atoms with E-state index in [2.05, 4.69) is 27.4 Å². The summed E-state index contributed by atoms with van der Waals surface area (Å²) in [6.07, 6.45) is 2.75. The summed E-state index contributed by atoms with van der Waals surface area (Å²) in [4.78, 5) is 56.0. The molecule has 4 aliphatic rings. The first-order valence-electron chi connectivity index (χ1n) is 14.8. The number of likely N-dealkylation sites (tertiary alicyclic amines) is 1. The van der Waals surface area contributed by atoms with Crippen molar-refractivity contribution < 1.29 is 28.3 Å². The van der Waals surface area contributed by atoms with Gasteiger partial charge in [-0.05, 0) is 49.6 Å². The van der Waals surface area contributed by atoms with Gasteiger partial charge in [0.25, 0.3) is 11.8 Å². The standard InChI is InChI=1S/C31H36FN5O5/c1-2-36(18-22-5-4-12-42-22)21-16-35(17-21)15-19-8-9-20(24(32)13-19)14-33-25-7-3-6-23-28(25)31(41)37(30(23)40)26-10-11-27(38)34-29(26)39/h3,6-9,13,21-22,26,33H,2,4-5,10-12,14-18H2,1H3,(H,34,38,39). The molecule has 4 amide bonds. The zero-order valence-corrected chi connectivity index (χ0v) is 23.7. The molecule has 3 saturated heterocycles. The third-order valence-electron chi connectivity index (χ3n) is 8.78. The van der Waals surface area contributed by atoms with Crippen LogP contribution in [0.1, 0.15) is 64.4 Å². The Bertz CT molecular complexity index is 1400. The number of anilines is 1. The number of rotatable bonds is 10. The number of imide groups is 2. The van der Waals surface area contributed by atoms with Crippen LogP contribution in [-0.2, 0) is 27.4 Å². The van der Waals surface area contributed by atoms with E-state index < -0.39 is 29.7 Å². The van der Waals surface area contributed by atoms with E-state index in [1.165, 1.54) is 6.07 Å². The van der Waals surface area contributed by atoms with Crippen molar-refractivity contribution in [2.24, 2.45) is 0 Å². The van der Waals surface area contributed by atoms with E-state index in [0.717, 1.165) is 56.1 Å². The highest BCUT2D eigenvalue weighted by Gasteiger charge is 2.45. The second-order valence-electron chi connectivity index (χ2n) is 11.5. The number of ether oxygens (including phenoxy) is 1. The van der Waals surface area contributed by atoms with Gasteiger partial charge in [-0.25, -0.2) is 4.39 Å². The van der Waals surface area contributed by atoms with E-state index in [-0.39, 0.29) is 36.3 Å². The van der Waals surface area contributed by atoms with Crippen molar-refractivity contribution in [3.63, 3.8) is 0 Å². The van der Waals surface area contributed by atoms with E-state index in [1.807, 2.05) is 6.07 Å². The van der Waals surface area contributed by atoms with Crippen LogP contribution >= 0.6 is 0 Å². The molecule has 222 valence electrons. The molecule has 2 aromatic carbocycles. The number of amides is 4. The summed E-state index contributed by atoms with van der Waals surface area (Å²) >= 11 is 0. The zero-order valence-electron chi connectivity index (χ0n) is 23.7. The van der Waals surface area contributed by atoms with Gasteiger partial charge >= 0.3 is 0 Å². The fourth-order valence-corrected chi connectivity index (χ4v) is 6.43. The minimum atomic E-state index is -1.04. The second kappa shape index (κ2) is 11.9. The Morgan fingerprint density at radius 1 is 1.10 bits per heavy atom. The summed E-state index contributed by atoms with van der Waals surface area (Å²) < 4.78 is 20.9. The number of fused-ring (bicyclic) bond motifs is 1. The highest BCUT2D eigenvalue weighted by Crippen LogP contribution is 2.33. The normalized spacial score (nSPS) is 23.0. The molecule has 4 heterocycles. The molecule has 2 aromatic rings. The van der Waals surface area contributed by atoms with Gasteiger partial charge in [0.15, 0.2) is 0 Å². The average Bonchev–Trinajstić information content (AvgIpc) is 3.55. The smallest absolute Gasteiger partial charge is 0.264 e. The van der Waals surface area contributed by atoms with Crippen molar-refractivity contribution in [1.29, 1.82) is 0 Å². The van der Waals surface area contributed by atoms with Gasteiger partial charge in [0.1, 0.15) is 11.9 Å². The molecule has 2 unspecified atom stereocenters. The Hall–Kier alpha value is -3.67. The molecule has 0 spiro atoms. The largest absolute Gasteiger partial charge is 0.380 e.